The van der Waals surface area contributed by atoms with Crippen molar-refractivity contribution in [3.8, 4) is 17.2 Å². The lowest BCUT2D eigenvalue weighted by molar-refractivity contribution is -0.134. The first-order chi connectivity index (χ1) is 14.6. The van der Waals surface area contributed by atoms with Crippen molar-refractivity contribution in [1.82, 2.24) is 9.88 Å². The number of amides is 1. The Balaban J connectivity index is 1.56. The molecule has 1 saturated heterocycles. The van der Waals surface area contributed by atoms with Gasteiger partial charge in [-0.05, 0) is 24.3 Å². The van der Waals surface area contributed by atoms with Gasteiger partial charge in [0.25, 0.3) is 5.91 Å². The Morgan fingerprint density at radius 3 is 2.17 bits per heavy atom. The predicted octanol–water partition coefficient (Wildman–Crippen LogP) is 1.61. The van der Waals surface area contributed by atoms with Crippen LogP contribution < -0.4 is 19.1 Å². The summed E-state index contributed by atoms with van der Waals surface area (Å²) in [6, 6.07) is 8.71. The zero-order chi connectivity index (χ0) is 21.5. The minimum Gasteiger partial charge on any atom is -0.493 e. The molecular weight excluding hydrogens is 390 g/mol. The maximum absolute atomic E-state index is 12.5. The van der Waals surface area contributed by atoms with Gasteiger partial charge in [-0.1, -0.05) is 6.07 Å². The maximum atomic E-state index is 12.5. The lowest BCUT2D eigenvalue weighted by Crippen LogP contribution is -2.50. The normalized spacial score (nSPS) is 13.6. The fourth-order valence-electron chi connectivity index (χ4n) is 3.23. The molecule has 2 aromatic rings. The second-order valence-electron chi connectivity index (χ2n) is 6.55. The fourth-order valence-corrected chi connectivity index (χ4v) is 3.23. The summed E-state index contributed by atoms with van der Waals surface area (Å²) < 4.78 is 20.9. The van der Waals surface area contributed by atoms with Crippen LogP contribution in [0.15, 0.2) is 36.5 Å². The highest BCUT2D eigenvalue weighted by molar-refractivity contribution is 5.92. The molecule has 0 aliphatic carbocycles. The number of piperazine rings is 1. The zero-order valence-corrected chi connectivity index (χ0v) is 17.3. The Morgan fingerprint density at radius 1 is 0.967 bits per heavy atom. The van der Waals surface area contributed by atoms with Crippen molar-refractivity contribution in [2.24, 2.45) is 0 Å². The molecule has 1 amide bonds. The third-order valence-corrected chi connectivity index (χ3v) is 4.83. The molecule has 9 heteroatoms. The molecule has 3 rings (SSSR count). The quantitative estimate of drug-likeness (QED) is 0.630. The number of aromatic nitrogens is 1. The molecule has 0 atom stereocenters. The van der Waals surface area contributed by atoms with E-state index in [-0.39, 0.29) is 18.1 Å². The first kappa shape index (κ1) is 21.2. The molecule has 30 heavy (non-hydrogen) atoms. The molecule has 1 aliphatic heterocycles. The van der Waals surface area contributed by atoms with Gasteiger partial charge in [0, 0.05) is 32.4 Å². The Kier molecular flexibility index (Phi) is 6.95. The highest BCUT2D eigenvalue weighted by atomic mass is 16.5. The monoisotopic (exact) mass is 415 g/mol. The van der Waals surface area contributed by atoms with E-state index in [4.69, 9.17) is 18.9 Å². The van der Waals surface area contributed by atoms with Crippen LogP contribution in [0.2, 0.25) is 0 Å². The average molecular weight is 415 g/mol. The second-order valence-corrected chi connectivity index (χ2v) is 6.55. The Labute approximate surface area is 175 Å². The molecule has 9 nitrogen and oxygen atoms in total. The van der Waals surface area contributed by atoms with E-state index < -0.39 is 5.97 Å². The maximum Gasteiger partial charge on any atom is 0.338 e. The number of carbonyl (C=O) groups excluding carboxylic acids is 2. The molecule has 0 unspecified atom stereocenters. The van der Waals surface area contributed by atoms with Crippen LogP contribution >= 0.6 is 0 Å². The summed E-state index contributed by atoms with van der Waals surface area (Å²) in [6.07, 6.45) is 1.75. The van der Waals surface area contributed by atoms with E-state index in [9.17, 15) is 9.59 Å². The zero-order valence-electron chi connectivity index (χ0n) is 17.3. The van der Waals surface area contributed by atoms with Crippen molar-refractivity contribution < 1.29 is 28.5 Å². The number of carbonyl (C=O) groups is 2. The van der Waals surface area contributed by atoms with Gasteiger partial charge in [0.05, 0.1) is 26.9 Å². The van der Waals surface area contributed by atoms with Crippen molar-refractivity contribution >= 4 is 17.7 Å². The van der Waals surface area contributed by atoms with Crippen LogP contribution in [-0.4, -0.2) is 75.9 Å². The Hall–Kier alpha value is -3.49. The smallest absolute Gasteiger partial charge is 0.338 e. The van der Waals surface area contributed by atoms with Crippen molar-refractivity contribution in [2.75, 3.05) is 59.0 Å². The number of ether oxygens (including phenoxy) is 4. The van der Waals surface area contributed by atoms with Crippen LogP contribution in [-0.2, 0) is 9.53 Å². The SMILES string of the molecule is COc1cc(C(=O)OCC(=O)N2CCN(c3ccccn3)CC2)cc(OC)c1OC. The molecule has 1 aromatic carbocycles. The van der Waals surface area contributed by atoms with Crippen molar-refractivity contribution in [3.63, 3.8) is 0 Å². The largest absolute Gasteiger partial charge is 0.493 e. The summed E-state index contributed by atoms with van der Waals surface area (Å²) in [7, 11) is 4.39. The number of esters is 1. The van der Waals surface area contributed by atoms with Crippen LogP contribution in [0.4, 0.5) is 5.82 Å². The number of hydrogen-bond donors (Lipinski definition) is 0. The molecule has 2 heterocycles. The average Bonchev–Trinajstić information content (AvgIpc) is 2.81. The lowest BCUT2D eigenvalue weighted by atomic mass is 10.2. The van der Waals surface area contributed by atoms with E-state index >= 15 is 0 Å². The molecule has 0 saturated carbocycles. The van der Waals surface area contributed by atoms with E-state index in [1.165, 1.54) is 33.5 Å². The first-order valence-electron chi connectivity index (χ1n) is 9.48. The van der Waals surface area contributed by atoms with Gasteiger partial charge in [-0.15, -0.1) is 0 Å². The first-order valence-corrected chi connectivity index (χ1v) is 9.48. The topological polar surface area (TPSA) is 90.4 Å². The van der Waals surface area contributed by atoms with E-state index in [0.717, 1.165) is 5.82 Å². The predicted molar refractivity (Wildman–Crippen MR) is 109 cm³/mol. The molecule has 1 aliphatic rings. The molecule has 160 valence electrons. The van der Waals surface area contributed by atoms with Gasteiger partial charge in [0.15, 0.2) is 18.1 Å². The number of nitrogens with zero attached hydrogens (tertiary/aromatic N) is 3. The summed E-state index contributed by atoms with van der Waals surface area (Å²) in [4.78, 5) is 33.0. The Morgan fingerprint density at radius 2 is 1.63 bits per heavy atom. The highest BCUT2D eigenvalue weighted by Gasteiger charge is 2.24. The molecular formula is C21H25N3O6. The number of hydrogen-bond acceptors (Lipinski definition) is 8. The van der Waals surface area contributed by atoms with Crippen LogP contribution in [0.3, 0.4) is 0 Å². The molecule has 0 spiro atoms. The minimum atomic E-state index is -0.644. The standard InChI is InChI=1S/C21H25N3O6/c1-27-16-12-15(13-17(28-2)20(16)29-3)21(26)30-14-19(25)24-10-8-23(9-11-24)18-6-4-5-7-22-18/h4-7,12-13H,8-11,14H2,1-3H3. The van der Waals surface area contributed by atoms with Crippen LogP contribution in [0.5, 0.6) is 17.2 Å². The van der Waals surface area contributed by atoms with Gasteiger partial charge < -0.3 is 28.7 Å². The van der Waals surface area contributed by atoms with E-state index in [1.807, 2.05) is 18.2 Å². The number of rotatable bonds is 7. The second kappa shape index (κ2) is 9.82. The van der Waals surface area contributed by atoms with Gasteiger partial charge in [0.2, 0.25) is 5.75 Å². The summed E-state index contributed by atoms with van der Waals surface area (Å²) >= 11 is 0. The van der Waals surface area contributed by atoms with Gasteiger partial charge in [-0.2, -0.15) is 0 Å². The summed E-state index contributed by atoms with van der Waals surface area (Å²) in [5.41, 5.74) is 0.206. The molecule has 0 N–H and O–H groups in total. The van der Waals surface area contributed by atoms with Gasteiger partial charge in [-0.3, -0.25) is 4.79 Å². The number of benzene rings is 1. The fraction of sp³-hybridized carbons (Fsp3) is 0.381. The van der Waals surface area contributed by atoms with Crippen molar-refractivity contribution in [2.45, 2.75) is 0 Å². The van der Waals surface area contributed by atoms with Gasteiger partial charge in [0.1, 0.15) is 5.82 Å². The third-order valence-electron chi connectivity index (χ3n) is 4.83. The van der Waals surface area contributed by atoms with Crippen LogP contribution in [0, 0.1) is 0 Å². The third kappa shape index (κ3) is 4.73. The van der Waals surface area contributed by atoms with E-state index in [1.54, 1.807) is 11.1 Å². The van der Waals surface area contributed by atoms with Crippen molar-refractivity contribution in [1.29, 1.82) is 0 Å². The summed E-state index contributed by atoms with van der Waals surface area (Å²) in [5.74, 6) is 1.05. The van der Waals surface area contributed by atoms with Crippen LogP contribution in [0.1, 0.15) is 10.4 Å². The van der Waals surface area contributed by atoms with Gasteiger partial charge >= 0.3 is 5.97 Å². The van der Waals surface area contributed by atoms with Crippen LogP contribution in [0.25, 0.3) is 0 Å². The van der Waals surface area contributed by atoms with Gasteiger partial charge in [-0.25, -0.2) is 9.78 Å². The summed E-state index contributed by atoms with van der Waals surface area (Å²) in [6.45, 7) is 2.08. The van der Waals surface area contributed by atoms with E-state index in [2.05, 4.69) is 9.88 Å². The molecule has 0 radical (unpaired) electrons. The molecule has 1 aromatic heterocycles. The highest BCUT2D eigenvalue weighted by Crippen LogP contribution is 2.38. The van der Waals surface area contributed by atoms with Crippen molar-refractivity contribution in [3.05, 3.63) is 42.1 Å². The van der Waals surface area contributed by atoms with E-state index in [0.29, 0.717) is 43.4 Å². The number of methoxy groups -OCH3 is 3. The molecule has 1 fully saturated rings. The lowest BCUT2D eigenvalue weighted by Gasteiger charge is -2.35. The minimum absolute atomic E-state index is 0.206. The number of anilines is 1. The molecule has 0 bridgehead atoms. The number of pyridine rings is 1. The Bertz CT molecular complexity index is 857. The summed E-state index contributed by atoms with van der Waals surface area (Å²) in [5, 5.41) is 0.